The summed E-state index contributed by atoms with van der Waals surface area (Å²) in [4.78, 5) is 20.9. The molecule has 4 aromatic rings. The highest BCUT2D eigenvalue weighted by molar-refractivity contribution is 5.66. The normalized spacial score (nSPS) is 13.4. The maximum atomic E-state index is 13.0. The number of aryl methyl sites for hydroxylation is 1. The lowest BCUT2D eigenvalue weighted by Crippen LogP contribution is -2.06. The van der Waals surface area contributed by atoms with E-state index < -0.39 is 18.7 Å². The van der Waals surface area contributed by atoms with Crippen molar-refractivity contribution in [2.24, 2.45) is 7.05 Å². The van der Waals surface area contributed by atoms with Crippen molar-refractivity contribution in [3.8, 4) is 40.3 Å². The Balaban J connectivity index is 1.38. The summed E-state index contributed by atoms with van der Waals surface area (Å²) >= 11 is 0. The number of benzene rings is 1. The zero-order valence-electron chi connectivity index (χ0n) is 20.4. The molecule has 1 aromatic carbocycles. The van der Waals surface area contributed by atoms with Crippen molar-refractivity contribution in [1.29, 1.82) is 0 Å². The summed E-state index contributed by atoms with van der Waals surface area (Å²) in [5.74, 6) is 1.04. The lowest BCUT2D eigenvalue weighted by atomic mass is 10.1. The number of hydrogen-bond donors (Lipinski definition) is 0. The molecule has 0 atom stereocenters. The first kappa shape index (κ1) is 25.4. The topological polar surface area (TPSA) is 97.1 Å². The van der Waals surface area contributed by atoms with Crippen LogP contribution in [-0.4, -0.2) is 43.5 Å². The Morgan fingerprint density at radius 2 is 1.76 bits per heavy atom. The van der Waals surface area contributed by atoms with E-state index in [1.165, 1.54) is 31.2 Å². The first-order valence-corrected chi connectivity index (χ1v) is 11.6. The van der Waals surface area contributed by atoms with E-state index in [1.54, 1.807) is 24.3 Å². The maximum Gasteiger partial charge on any atom is 0.434 e. The van der Waals surface area contributed by atoms with Gasteiger partial charge in [0.05, 0.1) is 19.0 Å². The van der Waals surface area contributed by atoms with Gasteiger partial charge in [-0.05, 0) is 18.4 Å². The van der Waals surface area contributed by atoms with Gasteiger partial charge in [0.15, 0.2) is 17.3 Å². The second-order valence-corrected chi connectivity index (χ2v) is 8.58. The Hall–Kier alpha value is -4.29. The molecule has 9 nitrogen and oxygen atoms in total. The Morgan fingerprint density at radius 3 is 2.39 bits per heavy atom. The van der Waals surface area contributed by atoms with E-state index in [1.807, 2.05) is 0 Å². The van der Waals surface area contributed by atoms with Crippen LogP contribution in [0.2, 0.25) is 0 Å². The summed E-state index contributed by atoms with van der Waals surface area (Å²) in [6, 6.07) is 6.76. The molecule has 1 saturated carbocycles. The number of hydrogen-bond acceptors (Lipinski definition) is 8. The summed E-state index contributed by atoms with van der Waals surface area (Å²) in [5, 5.41) is 0. The third kappa shape index (κ3) is 5.22. The molecule has 13 heteroatoms. The quantitative estimate of drug-likeness (QED) is 0.275. The number of imidazole rings is 1. The number of methoxy groups -OCH3 is 1. The Bertz CT molecular complexity index is 1440. The van der Waals surface area contributed by atoms with E-state index in [0.29, 0.717) is 16.8 Å². The first-order chi connectivity index (χ1) is 18.3. The van der Waals surface area contributed by atoms with Gasteiger partial charge in [-0.15, -0.1) is 0 Å². The van der Waals surface area contributed by atoms with Gasteiger partial charge in [-0.1, -0.05) is 24.3 Å². The molecule has 198 valence electrons. The predicted octanol–water partition coefficient (Wildman–Crippen LogP) is 5.12. The van der Waals surface area contributed by atoms with Crippen LogP contribution >= 0.6 is 0 Å². The van der Waals surface area contributed by atoms with Crippen LogP contribution in [0, 0.1) is 0 Å². The summed E-state index contributed by atoms with van der Waals surface area (Å²) in [6.45, 7) is -0.991. The molecule has 1 aliphatic carbocycles. The smallest absolute Gasteiger partial charge is 0.434 e. The van der Waals surface area contributed by atoms with Crippen LogP contribution in [-0.2, 0) is 19.8 Å². The van der Waals surface area contributed by atoms with Crippen molar-refractivity contribution in [3.63, 3.8) is 0 Å². The molecule has 1 aliphatic rings. The number of aromatic nitrogens is 6. The standard InChI is InChI=1S/C25H22F4N6O3/c1-35-10-18(25(27,28)29)33-22(35)16-5-3-14(4-6-16)11-37-23-17(36-2)9-30-21(34-23)19-20(15-7-8-15)31-13-32-24(19)38-12-26/h3-6,9-10,13,15H,7-8,11-12H2,1-2H3. The van der Waals surface area contributed by atoms with Crippen LogP contribution in [0.1, 0.15) is 35.7 Å². The average Bonchev–Trinajstić information content (AvgIpc) is 3.68. The van der Waals surface area contributed by atoms with Crippen LogP contribution in [0.15, 0.2) is 43.0 Å². The molecule has 0 amide bonds. The predicted molar refractivity (Wildman–Crippen MR) is 126 cm³/mol. The van der Waals surface area contributed by atoms with Crippen molar-refractivity contribution in [1.82, 2.24) is 29.5 Å². The van der Waals surface area contributed by atoms with Crippen LogP contribution in [0.25, 0.3) is 22.8 Å². The van der Waals surface area contributed by atoms with Crippen molar-refractivity contribution in [3.05, 3.63) is 59.9 Å². The second kappa shape index (κ2) is 10.2. The Labute approximate surface area is 214 Å². The molecule has 1 fully saturated rings. The van der Waals surface area contributed by atoms with Gasteiger partial charge in [-0.3, -0.25) is 0 Å². The molecule has 0 saturated heterocycles. The molecule has 0 N–H and O–H groups in total. The number of ether oxygens (including phenoxy) is 3. The third-order valence-corrected chi connectivity index (χ3v) is 5.92. The van der Waals surface area contributed by atoms with Crippen molar-refractivity contribution < 1.29 is 31.8 Å². The fourth-order valence-electron chi connectivity index (χ4n) is 3.91. The van der Waals surface area contributed by atoms with Gasteiger partial charge in [-0.25, -0.2) is 24.3 Å². The van der Waals surface area contributed by atoms with Crippen LogP contribution in [0.3, 0.4) is 0 Å². The number of halogens is 4. The molecular formula is C25H22F4N6O3. The van der Waals surface area contributed by atoms with E-state index in [2.05, 4.69) is 24.9 Å². The monoisotopic (exact) mass is 530 g/mol. The van der Waals surface area contributed by atoms with Crippen LogP contribution < -0.4 is 14.2 Å². The fourth-order valence-corrected chi connectivity index (χ4v) is 3.91. The molecule has 0 aliphatic heterocycles. The molecule has 3 heterocycles. The number of rotatable bonds is 9. The fraction of sp³-hybridized carbons (Fsp3) is 0.320. The minimum Gasteiger partial charge on any atom is -0.490 e. The lowest BCUT2D eigenvalue weighted by molar-refractivity contribution is -0.140. The van der Waals surface area contributed by atoms with Gasteiger partial charge >= 0.3 is 6.18 Å². The molecular weight excluding hydrogens is 508 g/mol. The number of alkyl halides is 4. The second-order valence-electron chi connectivity index (χ2n) is 8.58. The molecule has 38 heavy (non-hydrogen) atoms. The highest BCUT2D eigenvalue weighted by Gasteiger charge is 2.34. The van der Waals surface area contributed by atoms with E-state index in [-0.39, 0.29) is 41.7 Å². The van der Waals surface area contributed by atoms with Gasteiger partial charge in [0.25, 0.3) is 5.88 Å². The average molecular weight is 530 g/mol. The number of nitrogens with zero attached hydrogens (tertiary/aromatic N) is 6. The zero-order valence-corrected chi connectivity index (χ0v) is 20.4. The van der Waals surface area contributed by atoms with Gasteiger partial charge in [0, 0.05) is 24.7 Å². The lowest BCUT2D eigenvalue weighted by Gasteiger charge is -2.14. The first-order valence-electron chi connectivity index (χ1n) is 11.6. The minimum atomic E-state index is -4.52. The van der Waals surface area contributed by atoms with E-state index >= 15 is 0 Å². The van der Waals surface area contributed by atoms with Gasteiger partial charge in [0.1, 0.15) is 24.3 Å². The summed E-state index contributed by atoms with van der Waals surface area (Å²) in [7, 11) is 2.95. The van der Waals surface area contributed by atoms with Crippen molar-refractivity contribution >= 4 is 0 Å². The highest BCUT2D eigenvalue weighted by Crippen LogP contribution is 2.45. The molecule has 5 rings (SSSR count). The van der Waals surface area contributed by atoms with Gasteiger partial charge in [-0.2, -0.15) is 18.2 Å². The van der Waals surface area contributed by atoms with E-state index in [0.717, 1.165) is 24.6 Å². The van der Waals surface area contributed by atoms with Crippen molar-refractivity contribution in [2.75, 3.05) is 14.0 Å². The van der Waals surface area contributed by atoms with Crippen LogP contribution in [0.4, 0.5) is 17.6 Å². The maximum absolute atomic E-state index is 13.0. The van der Waals surface area contributed by atoms with E-state index in [9.17, 15) is 17.6 Å². The van der Waals surface area contributed by atoms with Gasteiger partial charge < -0.3 is 18.8 Å². The SMILES string of the molecule is COc1cnc(-c2c(OCF)ncnc2C2CC2)nc1OCc1ccc(-c2nc(C(F)(F)F)cn2C)cc1. The zero-order chi connectivity index (χ0) is 26.9. The molecule has 3 aromatic heterocycles. The Morgan fingerprint density at radius 1 is 1.00 bits per heavy atom. The minimum absolute atomic E-state index is 0.0408. The highest BCUT2D eigenvalue weighted by atomic mass is 19.4. The largest absolute Gasteiger partial charge is 0.490 e. The van der Waals surface area contributed by atoms with Crippen molar-refractivity contribution in [2.45, 2.75) is 31.5 Å². The van der Waals surface area contributed by atoms with Crippen LogP contribution in [0.5, 0.6) is 17.5 Å². The molecule has 0 bridgehead atoms. The third-order valence-electron chi connectivity index (χ3n) is 5.92. The van der Waals surface area contributed by atoms with Gasteiger partial charge in [0.2, 0.25) is 12.7 Å². The molecule has 0 radical (unpaired) electrons. The molecule has 0 spiro atoms. The molecule has 0 unspecified atom stereocenters. The summed E-state index contributed by atoms with van der Waals surface area (Å²) in [6.07, 6.45) is 1.05. The summed E-state index contributed by atoms with van der Waals surface area (Å²) < 4.78 is 69.7. The van der Waals surface area contributed by atoms with E-state index in [4.69, 9.17) is 14.2 Å². The Kier molecular flexibility index (Phi) is 6.83. The summed E-state index contributed by atoms with van der Waals surface area (Å²) in [5.41, 5.74) is 1.37.